The number of hydrogen-bond acceptors (Lipinski definition) is 1. The van der Waals surface area contributed by atoms with E-state index in [1.807, 2.05) is 0 Å². The van der Waals surface area contributed by atoms with Crippen molar-refractivity contribution in [2.45, 2.75) is 91.6 Å². The van der Waals surface area contributed by atoms with Gasteiger partial charge in [-0.1, -0.05) is 59.7 Å². The molecule has 1 saturated carbocycles. The molecule has 0 radical (unpaired) electrons. The van der Waals surface area contributed by atoms with Crippen molar-refractivity contribution in [2.75, 3.05) is 7.05 Å². The first-order valence-electron chi connectivity index (χ1n) is 10.9. The van der Waals surface area contributed by atoms with Gasteiger partial charge in [0.15, 0.2) is 0 Å². The molecule has 0 N–H and O–H groups in total. The SMILES string of the molecule is Cc1cccc2c1[C@]13C(C)C(C)N(C)[C@H](C2C)C1(C)CCC(C)C3(C)C. The van der Waals surface area contributed by atoms with Crippen molar-refractivity contribution in [3.8, 4) is 0 Å². The summed E-state index contributed by atoms with van der Waals surface area (Å²) in [5.41, 5.74) is 5.79. The number of fused-ring (bicyclic) bond motifs is 1. The number of nitrogens with zero attached hydrogens (tertiary/aromatic N) is 1. The van der Waals surface area contributed by atoms with Gasteiger partial charge in [0, 0.05) is 17.5 Å². The molecule has 2 bridgehead atoms. The highest BCUT2D eigenvalue weighted by atomic mass is 15.2. The van der Waals surface area contributed by atoms with Crippen LogP contribution in [0.4, 0.5) is 0 Å². The minimum atomic E-state index is 0.251. The average Bonchev–Trinajstić information content (AvgIpc) is 2.57. The minimum Gasteiger partial charge on any atom is -0.299 e. The highest BCUT2D eigenvalue weighted by molar-refractivity contribution is 5.52. The molecule has 1 heterocycles. The van der Waals surface area contributed by atoms with E-state index in [9.17, 15) is 0 Å². The van der Waals surface area contributed by atoms with Crippen molar-refractivity contribution in [3.05, 3.63) is 34.9 Å². The molecule has 1 aromatic rings. The molecular weight excluding hydrogens is 314 g/mol. The molecule has 1 saturated heterocycles. The first kappa shape index (κ1) is 18.5. The summed E-state index contributed by atoms with van der Waals surface area (Å²) in [6, 6.07) is 8.38. The highest BCUT2D eigenvalue weighted by Gasteiger charge is 2.73. The van der Waals surface area contributed by atoms with Crippen LogP contribution >= 0.6 is 0 Å². The number of hydrogen-bond donors (Lipinski definition) is 0. The van der Waals surface area contributed by atoms with Gasteiger partial charge in [-0.3, -0.25) is 4.90 Å². The Kier molecular flexibility index (Phi) is 3.83. The molecule has 4 rings (SSSR count). The van der Waals surface area contributed by atoms with E-state index in [1.54, 1.807) is 11.1 Å². The van der Waals surface area contributed by atoms with Gasteiger partial charge in [-0.15, -0.1) is 0 Å². The van der Waals surface area contributed by atoms with Gasteiger partial charge in [-0.05, 0) is 79.0 Å². The van der Waals surface area contributed by atoms with Gasteiger partial charge in [0.05, 0.1) is 0 Å². The Hall–Kier alpha value is -0.820. The average molecular weight is 354 g/mol. The Balaban J connectivity index is 2.18. The van der Waals surface area contributed by atoms with Crippen molar-refractivity contribution in [1.29, 1.82) is 0 Å². The van der Waals surface area contributed by atoms with Gasteiger partial charge in [0.1, 0.15) is 0 Å². The van der Waals surface area contributed by atoms with E-state index in [2.05, 4.69) is 85.5 Å². The highest BCUT2D eigenvalue weighted by Crippen LogP contribution is 2.74. The Morgan fingerprint density at radius 2 is 1.69 bits per heavy atom. The van der Waals surface area contributed by atoms with E-state index in [4.69, 9.17) is 0 Å². The summed E-state index contributed by atoms with van der Waals surface area (Å²) in [5, 5.41) is 0. The smallest absolute Gasteiger partial charge is 0.0224 e. The van der Waals surface area contributed by atoms with Crippen LogP contribution in [0.2, 0.25) is 0 Å². The molecule has 5 unspecified atom stereocenters. The third-order valence-electron chi connectivity index (χ3n) is 10.0. The molecule has 3 aliphatic rings. The molecule has 0 amide bonds. The van der Waals surface area contributed by atoms with Crippen molar-refractivity contribution in [3.63, 3.8) is 0 Å². The molecule has 26 heavy (non-hydrogen) atoms. The van der Waals surface area contributed by atoms with Crippen LogP contribution in [0.15, 0.2) is 18.2 Å². The Morgan fingerprint density at radius 3 is 2.35 bits per heavy atom. The lowest BCUT2D eigenvalue weighted by molar-refractivity contribution is -0.204. The number of aryl methyl sites for hydroxylation is 1. The lowest BCUT2D eigenvalue weighted by atomic mass is 9.31. The Bertz CT molecular complexity index is 734. The van der Waals surface area contributed by atoms with E-state index in [0.717, 1.165) is 5.92 Å². The van der Waals surface area contributed by atoms with Crippen LogP contribution < -0.4 is 0 Å². The molecule has 144 valence electrons. The summed E-state index contributed by atoms with van der Waals surface area (Å²) in [6.45, 7) is 20.3. The number of likely N-dealkylation sites (N-methyl/N-ethyl adjacent to an activating group) is 1. The first-order valence-corrected chi connectivity index (χ1v) is 10.9. The molecule has 1 heteroatoms. The molecule has 1 aliphatic heterocycles. The molecule has 1 aromatic carbocycles. The standard InChI is InChI=1S/C25H39N/c1-15-11-10-12-20-17(3)22-24(8)14-13-16(2)23(6,7)25(24,21(15)20)18(4)19(5)26(22)9/h10-12,16-19,22H,13-14H2,1-9H3/t16?,17?,18?,19?,22-,24?,25+/m1/s1. The normalized spacial score (nSPS) is 47.2. The van der Waals surface area contributed by atoms with E-state index in [1.165, 1.54) is 18.4 Å². The second kappa shape index (κ2) is 5.37. The monoisotopic (exact) mass is 353 g/mol. The molecule has 1 nitrogen and oxygen atoms in total. The van der Waals surface area contributed by atoms with Crippen LogP contribution in [0.5, 0.6) is 0 Å². The fourth-order valence-corrected chi connectivity index (χ4v) is 8.62. The van der Waals surface area contributed by atoms with E-state index in [-0.39, 0.29) is 5.41 Å². The van der Waals surface area contributed by atoms with Gasteiger partial charge in [-0.2, -0.15) is 0 Å². The predicted molar refractivity (Wildman–Crippen MR) is 112 cm³/mol. The summed E-state index contributed by atoms with van der Waals surface area (Å²) in [6.07, 6.45) is 2.73. The summed E-state index contributed by atoms with van der Waals surface area (Å²) in [5.74, 6) is 2.01. The second-order valence-corrected chi connectivity index (χ2v) is 10.9. The summed E-state index contributed by atoms with van der Waals surface area (Å²) in [7, 11) is 2.41. The number of likely N-dealkylation sites (tertiary alicyclic amines) is 1. The third-order valence-corrected chi connectivity index (χ3v) is 10.0. The lowest BCUT2D eigenvalue weighted by Gasteiger charge is -2.76. The summed E-state index contributed by atoms with van der Waals surface area (Å²) < 4.78 is 0. The quantitative estimate of drug-likeness (QED) is 0.540. The van der Waals surface area contributed by atoms with Crippen molar-refractivity contribution in [1.82, 2.24) is 4.90 Å². The Labute approximate surface area is 161 Å². The second-order valence-electron chi connectivity index (χ2n) is 10.9. The lowest BCUT2D eigenvalue weighted by Crippen LogP contribution is -2.77. The molecular formula is C25H39N. The largest absolute Gasteiger partial charge is 0.299 e. The maximum Gasteiger partial charge on any atom is 0.0224 e. The minimum absolute atomic E-state index is 0.251. The molecule has 0 aromatic heterocycles. The van der Waals surface area contributed by atoms with Crippen LogP contribution in [0.3, 0.4) is 0 Å². The van der Waals surface area contributed by atoms with Crippen molar-refractivity contribution in [2.24, 2.45) is 22.7 Å². The fraction of sp³-hybridized carbons (Fsp3) is 0.760. The zero-order valence-electron chi connectivity index (χ0n) is 18.5. The van der Waals surface area contributed by atoms with Crippen LogP contribution in [-0.2, 0) is 5.41 Å². The van der Waals surface area contributed by atoms with E-state index < -0.39 is 0 Å². The van der Waals surface area contributed by atoms with Crippen molar-refractivity contribution < 1.29 is 0 Å². The molecule has 0 spiro atoms. The van der Waals surface area contributed by atoms with Gasteiger partial charge in [-0.25, -0.2) is 0 Å². The molecule has 2 aliphatic carbocycles. The maximum absolute atomic E-state index is 2.75. The zero-order valence-corrected chi connectivity index (χ0v) is 18.5. The van der Waals surface area contributed by atoms with Gasteiger partial charge < -0.3 is 0 Å². The Morgan fingerprint density at radius 1 is 1.04 bits per heavy atom. The molecule has 7 atom stereocenters. The van der Waals surface area contributed by atoms with E-state index in [0.29, 0.717) is 34.7 Å². The number of piperidine rings is 1. The first-order chi connectivity index (χ1) is 12.0. The topological polar surface area (TPSA) is 3.24 Å². The van der Waals surface area contributed by atoms with Crippen molar-refractivity contribution >= 4 is 0 Å². The van der Waals surface area contributed by atoms with E-state index >= 15 is 0 Å². The molecule has 2 fully saturated rings. The van der Waals surface area contributed by atoms with Crippen LogP contribution in [0.25, 0.3) is 0 Å². The summed E-state index contributed by atoms with van der Waals surface area (Å²) >= 11 is 0. The number of rotatable bonds is 0. The van der Waals surface area contributed by atoms with Crippen LogP contribution in [-0.4, -0.2) is 24.0 Å². The third kappa shape index (κ3) is 1.73. The fourth-order valence-electron chi connectivity index (χ4n) is 8.62. The predicted octanol–water partition coefficient (Wildman–Crippen LogP) is 6.15. The van der Waals surface area contributed by atoms with Crippen LogP contribution in [0, 0.1) is 29.6 Å². The van der Waals surface area contributed by atoms with Gasteiger partial charge in [0.25, 0.3) is 0 Å². The maximum atomic E-state index is 2.75. The zero-order chi connectivity index (χ0) is 19.2. The van der Waals surface area contributed by atoms with Gasteiger partial charge in [0.2, 0.25) is 0 Å². The van der Waals surface area contributed by atoms with Gasteiger partial charge >= 0.3 is 0 Å². The van der Waals surface area contributed by atoms with Crippen LogP contribution in [0.1, 0.15) is 83.9 Å². The number of benzene rings is 1. The summed E-state index contributed by atoms with van der Waals surface area (Å²) in [4.78, 5) is 2.75.